The summed E-state index contributed by atoms with van der Waals surface area (Å²) in [6.45, 7) is 9.67. The molecule has 1 aromatic rings. The second kappa shape index (κ2) is 9.87. The lowest BCUT2D eigenvalue weighted by Gasteiger charge is -2.16. The third-order valence-electron chi connectivity index (χ3n) is 2.81. The number of benzene rings is 1. The van der Waals surface area contributed by atoms with Crippen molar-refractivity contribution in [2.75, 3.05) is 33.5 Å². The van der Waals surface area contributed by atoms with Gasteiger partial charge >= 0.3 is 0 Å². The molecule has 5 heteroatoms. The molecule has 0 aliphatic rings. The van der Waals surface area contributed by atoms with Gasteiger partial charge in [-0.15, -0.1) is 0 Å². The summed E-state index contributed by atoms with van der Waals surface area (Å²) in [4.78, 5) is 0. The van der Waals surface area contributed by atoms with E-state index >= 15 is 0 Å². The highest BCUT2D eigenvalue weighted by Gasteiger charge is 2.12. The maximum atomic E-state index is 6.11. The zero-order valence-electron chi connectivity index (χ0n) is 13.4. The van der Waals surface area contributed by atoms with Gasteiger partial charge in [-0.1, -0.05) is 32.4 Å². The van der Waals surface area contributed by atoms with E-state index in [0.717, 1.165) is 24.5 Å². The monoisotopic (exact) mass is 315 g/mol. The van der Waals surface area contributed by atoms with Crippen LogP contribution in [0.2, 0.25) is 5.02 Å². The van der Waals surface area contributed by atoms with E-state index in [9.17, 15) is 0 Å². The topological polar surface area (TPSA) is 39.7 Å². The number of nitrogens with one attached hydrogen (secondary N) is 1. The van der Waals surface area contributed by atoms with Crippen molar-refractivity contribution in [3.63, 3.8) is 0 Å². The molecule has 120 valence electrons. The van der Waals surface area contributed by atoms with Gasteiger partial charge in [-0.3, -0.25) is 0 Å². The Hall–Kier alpha value is -0.970. The zero-order valence-corrected chi connectivity index (χ0v) is 14.1. The standard InChI is InChI=1S/C16H26ClNO3/c1-5-18-10-13-8-14(17)9-15(19-4)16(13)21-7-6-20-11-12(2)3/h8-9,12,18H,5-7,10-11H2,1-4H3. The predicted octanol–water partition coefficient (Wildman–Crippen LogP) is 3.51. The molecule has 0 heterocycles. The molecule has 0 aliphatic heterocycles. The molecule has 1 aromatic carbocycles. The molecular formula is C16H26ClNO3. The lowest BCUT2D eigenvalue weighted by molar-refractivity contribution is 0.0807. The Morgan fingerprint density at radius 1 is 1.24 bits per heavy atom. The molecule has 0 radical (unpaired) electrons. The van der Waals surface area contributed by atoms with Crippen LogP contribution in [0.25, 0.3) is 0 Å². The normalized spacial score (nSPS) is 11.0. The third kappa shape index (κ3) is 6.55. The lowest BCUT2D eigenvalue weighted by Crippen LogP contribution is -2.15. The van der Waals surface area contributed by atoms with Crippen molar-refractivity contribution in [2.24, 2.45) is 5.92 Å². The van der Waals surface area contributed by atoms with Crippen molar-refractivity contribution in [2.45, 2.75) is 27.3 Å². The summed E-state index contributed by atoms with van der Waals surface area (Å²) in [5.41, 5.74) is 0.991. The number of hydrogen-bond acceptors (Lipinski definition) is 4. The fourth-order valence-corrected chi connectivity index (χ4v) is 2.08. The molecule has 1 rings (SSSR count). The molecule has 0 aromatic heterocycles. The van der Waals surface area contributed by atoms with E-state index in [1.165, 1.54) is 0 Å². The predicted molar refractivity (Wildman–Crippen MR) is 86.5 cm³/mol. The van der Waals surface area contributed by atoms with Crippen molar-refractivity contribution in [3.8, 4) is 11.5 Å². The number of ether oxygens (including phenoxy) is 3. The fourth-order valence-electron chi connectivity index (χ4n) is 1.85. The first kappa shape index (κ1) is 18.1. The fraction of sp³-hybridized carbons (Fsp3) is 0.625. The Labute approximate surface area is 132 Å². The smallest absolute Gasteiger partial charge is 0.165 e. The Morgan fingerprint density at radius 3 is 2.62 bits per heavy atom. The Morgan fingerprint density at radius 2 is 2.00 bits per heavy atom. The highest BCUT2D eigenvalue weighted by Crippen LogP contribution is 2.34. The van der Waals surface area contributed by atoms with Crippen molar-refractivity contribution in [3.05, 3.63) is 22.7 Å². The molecule has 0 atom stereocenters. The van der Waals surface area contributed by atoms with Crippen LogP contribution >= 0.6 is 11.6 Å². The second-order valence-electron chi connectivity index (χ2n) is 5.19. The van der Waals surface area contributed by atoms with Crippen LogP contribution in [0.4, 0.5) is 0 Å². The molecule has 0 saturated heterocycles. The summed E-state index contributed by atoms with van der Waals surface area (Å²) in [6.07, 6.45) is 0. The zero-order chi connectivity index (χ0) is 15.7. The summed E-state index contributed by atoms with van der Waals surface area (Å²) < 4.78 is 16.7. The highest BCUT2D eigenvalue weighted by atomic mass is 35.5. The van der Waals surface area contributed by atoms with Gasteiger partial charge in [-0.25, -0.2) is 0 Å². The molecular weight excluding hydrogens is 290 g/mol. The quantitative estimate of drug-likeness (QED) is 0.671. The number of halogens is 1. The summed E-state index contributed by atoms with van der Waals surface area (Å²) in [5.74, 6) is 1.91. The van der Waals surface area contributed by atoms with Crippen LogP contribution in [0.5, 0.6) is 11.5 Å². The molecule has 0 amide bonds. The van der Waals surface area contributed by atoms with E-state index in [0.29, 0.717) is 36.4 Å². The molecule has 0 saturated carbocycles. The van der Waals surface area contributed by atoms with Crippen molar-refractivity contribution >= 4 is 11.6 Å². The number of rotatable bonds is 10. The Kier molecular flexibility index (Phi) is 8.50. The van der Waals surface area contributed by atoms with Gasteiger partial charge in [0.15, 0.2) is 11.5 Å². The van der Waals surface area contributed by atoms with Gasteiger partial charge in [0.25, 0.3) is 0 Å². The minimum Gasteiger partial charge on any atom is -0.493 e. The molecule has 4 nitrogen and oxygen atoms in total. The molecule has 0 bridgehead atoms. The summed E-state index contributed by atoms with van der Waals surface area (Å²) in [7, 11) is 1.62. The van der Waals surface area contributed by atoms with E-state index in [1.807, 2.05) is 6.07 Å². The van der Waals surface area contributed by atoms with Crippen molar-refractivity contribution in [1.29, 1.82) is 0 Å². The van der Waals surface area contributed by atoms with E-state index in [-0.39, 0.29) is 0 Å². The van der Waals surface area contributed by atoms with Gasteiger partial charge in [0.2, 0.25) is 0 Å². The van der Waals surface area contributed by atoms with E-state index in [2.05, 4.69) is 26.1 Å². The Bertz CT molecular complexity index is 424. The Balaban J connectivity index is 2.68. The molecule has 0 spiro atoms. The largest absolute Gasteiger partial charge is 0.493 e. The van der Waals surface area contributed by atoms with Crippen LogP contribution < -0.4 is 14.8 Å². The second-order valence-corrected chi connectivity index (χ2v) is 5.63. The van der Waals surface area contributed by atoms with Crippen LogP contribution in [0.3, 0.4) is 0 Å². The van der Waals surface area contributed by atoms with Crippen LogP contribution in [0.15, 0.2) is 12.1 Å². The van der Waals surface area contributed by atoms with E-state index < -0.39 is 0 Å². The molecule has 0 fully saturated rings. The minimum absolute atomic E-state index is 0.490. The third-order valence-corrected chi connectivity index (χ3v) is 3.03. The van der Waals surface area contributed by atoms with Gasteiger partial charge in [-0.2, -0.15) is 0 Å². The number of methoxy groups -OCH3 is 1. The summed E-state index contributed by atoms with van der Waals surface area (Å²) in [5, 5.41) is 3.92. The molecule has 0 unspecified atom stereocenters. The minimum atomic E-state index is 0.490. The summed E-state index contributed by atoms with van der Waals surface area (Å²) >= 11 is 6.11. The molecule has 21 heavy (non-hydrogen) atoms. The van der Waals surface area contributed by atoms with E-state index in [1.54, 1.807) is 13.2 Å². The molecule has 0 aliphatic carbocycles. The molecule has 1 N–H and O–H groups in total. The van der Waals surface area contributed by atoms with Crippen LogP contribution in [0.1, 0.15) is 26.3 Å². The van der Waals surface area contributed by atoms with Crippen LogP contribution in [-0.2, 0) is 11.3 Å². The van der Waals surface area contributed by atoms with Crippen LogP contribution in [-0.4, -0.2) is 33.5 Å². The average molecular weight is 316 g/mol. The van der Waals surface area contributed by atoms with Gasteiger partial charge in [-0.05, 0) is 18.5 Å². The van der Waals surface area contributed by atoms with Crippen molar-refractivity contribution < 1.29 is 14.2 Å². The SMILES string of the molecule is CCNCc1cc(Cl)cc(OC)c1OCCOCC(C)C. The maximum absolute atomic E-state index is 6.11. The maximum Gasteiger partial charge on any atom is 0.165 e. The van der Waals surface area contributed by atoms with Gasteiger partial charge in [0.1, 0.15) is 6.61 Å². The first-order valence-corrected chi connectivity index (χ1v) is 7.73. The van der Waals surface area contributed by atoms with Gasteiger partial charge < -0.3 is 19.5 Å². The van der Waals surface area contributed by atoms with Gasteiger partial charge in [0.05, 0.1) is 13.7 Å². The average Bonchev–Trinajstić information content (AvgIpc) is 2.45. The summed E-state index contributed by atoms with van der Waals surface area (Å²) in [6, 6.07) is 3.67. The highest BCUT2D eigenvalue weighted by molar-refractivity contribution is 6.30. The first-order valence-electron chi connectivity index (χ1n) is 7.36. The van der Waals surface area contributed by atoms with E-state index in [4.69, 9.17) is 25.8 Å². The first-order chi connectivity index (χ1) is 10.1. The van der Waals surface area contributed by atoms with Gasteiger partial charge in [0, 0.05) is 29.8 Å². The lowest BCUT2D eigenvalue weighted by atomic mass is 10.2. The van der Waals surface area contributed by atoms with Crippen LogP contribution in [0, 0.1) is 5.92 Å². The van der Waals surface area contributed by atoms with Crippen molar-refractivity contribution in [1.82, 2.24) is 5.32 Å². The number of hydrogen-bond donors (Lipinski definition) is 1.